The van der Waals surface area contributed by atoms with Gasteiger partial charge in [-0.15, -0.1) is 0 Å². The molecule has 7 nitrogen and oxygen atoms in total. The molecular formula is C17H13N3O4S. The van der Waals surface area contributed by atoms with E-state index in [0.29, 0.717) is 17.3 Å². The van der Waals surface area contributed by atoms with Crippen LogP contribution in [0.1, 0.15) is 6.42 Å². The number of nitro groups is 1. The van der Waals surface area contributed by atoms with E-state index in [-0.39, 0.29) is 5.91 Å². The molecular weight excluding hydrogens is 342 g/mol. The van der Waals surface area contributed by atoms with Gasteiger partial charge in [-0.25, -0.2) is 4.98 Å². The number of hydrogen-bond acceptors (Lipinski definition) is 6. The summed E-state index contributed by atoms with van der Waals surface area (Å²) in [6.07, 6.45) is 0.290. The number of thiazole rings is 1. The molecule has 1 saturated carbocycles. The number of anilines is 1. The lowest BCUT2D eigenvalue weighted by Gasteiger charge is -2.04. The van der Waals surface area contributed by atoms with Gasteiger partial charge in [-0.3, -0.25) is 14.9 Å². The second kappa shape index (κ2) is 6.14. The lowest BCUT2D eigenvalue weighted by molar-refractivity contribution is -0.497. The molecule has 2 atom stereocenters. The second-order valence-electron chi connectivity index (χ2n) is 5.75. The maximum absolute atomic E-state index is 12.0. The first kappa shape index (κ1) is 15.5. The average Bonchev–Trinajstić information content (AvgIpc) is 3.31. The Morgan fingerprint density at radius 2 is 2.04 bits per heavy atom. The minimum Gasteiger partial charge on any atom is -0.457 e. The van der Waals surface area contributed by atoms with Crippen molar-refractivity contribution in [3.05, 3.63) is 58.6 Å². The van der Waals surface area contributed by atoms with Crippen LogP contribution in [-0.4, -0.2) is 21.9 Å². The van der Waals surface area contributed by atoms with Gasteiger partial charge in [0.15, 0.2) is 5.13 Å². The van der Waals surface area contributed by atoms with Crippen molar-refractivity contribution in [2.45, 2.75) is 12.5 Å². The Morgan fingerprint density at radius 1 is 1.24 bits per heavy atom. The van der Waals surface area contributed by atoms with E-state index in [1.54, 1.807) is 0 Å². The molecule has 3 aromatic rings. The summed E-state index contributed by atoms with van der Waals surface area (Å²) in [5, 5.41) is 13.8. The zero-order valence-corrected chi connectivity index (χ0v) is 13.7. The summed E-state index contributed by atoms with van der Waals surface area (Å²) in [6, 6.07) is 14.1. The predicted octanol–water partition coefficient (Wildman–Crippen LogP) is 3.69. The van der Waals surface area contributed by atoms with E-state index < -0.39 is 16.9 Å². The summed E-state index contributed by atoms with van der Waals surface area (Å²) in [7, 11) is 0. The van der Waals surface area contributed by atoms with Gasteiger partial charge in [-0.1, -0.05) is 29.5 Å². The third kappa shape index (κ3) is 3.29. The Morgan fingerprint density at radius 3 is 2.76 bits per heavy atom. The second-order valence-corrected chi connectivity index (χ2v) is 6.78. The fourth-order valence-corrected chi connectivity index (χ4v) is 3.44. The van der Waals surface area contributed by atoms with E-state index >= 15 is 0 Å². The maximum atomic E-state index is 12.0. The molecule has 2 aromatic carbocycles. The highest BCUT2D eigenvalue weighted by atomic mass is 32.1. The molecule has 0 unspecified atom stereocenters. The number of carbonyl (C=O) groups is 1. The number of para-hydroxylation sites is 1. The molecule has 0 aliphatic heterocycles. The van der Waals surface area contributed by atoms with Gasteiger partial charge in [0, 0.05) is 17.4 Å². The van der Waals surface area contributed by atoms with E-state index in [1.807, 2.05) is 48.5 Å². The number of benzene rings is 2. The van der Waals surface area contributed by atoms with Crippen molar-refractivity contribution in [2.75, 3.05) is 5.32 Å². The Bertz CT molecular complexity index is 957. The first-order chi connectivity index (χ1) is 12.1. The van der Waals surface area contributed by atoms with Gasteiger partial charge in [0.25, 0.3) is 0 Å². The zero-order chi connectivity index (χ0) is 17.4. The van der Waals surface area contributed by atoms with Crippen LogP contribution in [0.4, 0.5) is 5.13 Å². The van der Waals surface area contributed by atoms with Gasteiger partial charge >= 0.3 is 0 Å². The molecule has 1 heterocycles. The minimum absolute atomic E-state index is 0.290. The molecule has 0 spiro atoms. The van der Waals surface area contributed by atoms with Crippen molar-refractivity contribution >= 4 is 32.6 Å². The van der Waals surface area contributed by atoms with Gasteiger partial charge in [-0.05, 0) is 24.3 Å². The summed E-state index contributed by atoms with van der Waals surface area (Å²) in [5.74, 6) is 0.510. The number of rotatable bonds is 5. The van der Waals surface area contributed by atoms with Crippen LogP contribution < -0.4 is 10.1 Å². The van der Waals surface area contributed by atoms with Gasteiger partial charge in [0.1, 0.15) is 17.4 Å². The topological polar surface area (TPSA) is 94.4 Å². The largest absolute Gasteiger partial charge is 0.457 e. The normalized spacial score (nSPS) is 18.7. The third-order valence-corrected chi connectivity index (χ3v) is 4.87. The SMILES string of the molecule is O=C(Nc1nc2ccc(Oc3ccccc3)cc2s1)[C@@H]1C[C@@H]1[N+](=O)[O-]. The van der Waals surface area contributed by atoms with Crippen molar-refractivity contribution in [1.82, 2.24) is 4.98 Å². The molecule has 0 radical (unpaired) electrons. The summed E-state index contributed by atoms with van der Waals surface area (Å²) < 4.78 is 6.65. The Kier molecular flexibility index (Phi) is 3.81. The standard InChI is InChI=1S/C17H13N3O4S/c21-16(12-9-14(12)20(22)23)19-17-18-13-7-6-11(8-15(13)25-17)24-10-4-2-1-3-5-10/h1-8,12,14H,9H2,(H,18,19,21)/t12-,14+/m1/s1. The minimum atomic E-state index is -0.764. The number of aromatic nitrogens is 1. The van der Waals surface area contributed by atoms with E-state index in [9.17, 15) is 14.9 Å². The van der Waals surface area contributed by atoms with Crippen LogP contribution in [0, 0.1) is 16.0 Å². The number of carbonyl (C=O) groups excluding carboxylic acids is 1. The molecule has 1 aromatic heterocycles. The van der Waals surface area contributed by atoms with Crippen LogP contribution in [0.2, 0.25) is 0 Å². The Labute approximate surface area is 146 Å². The molecule has 1 N–H and O–H groups in total. The van der Waals surface area contributed by atoms with Crippen LogP contribution in [-0.2, 0) is 4.79 Å². The number of nitrogens with zero attached hydrogens (tertiary/aromatic N) is 2. The van der Waals surface area contributed by atoms with Gasteiger partial charge in [0.2, 0.25) is 11.9 Å². The molecule has 126 valence electrons. The lowest BCUT2D eigenvalue weighted by atomic mass is 10.3. The fraction of sp³-hybridized carbons (Fsp3) is 0.176. The van der Waals surface area contributed by atoms with Crippen LogP contribution in [0.5, 0.6) is 11.5 Å². The third-order valence-electron chi connectivity index (χ3n) is 3.93. The zero-order valence-electron chi connectivity index (χ0n) is 12.9. The summed E-state index contributed by atoms with van der Waals surface area (Å²) in [4.78, 5) is 26.6. The lowest BCUT2D eigenvalue weighted by Crippen LogP contribution is -2.18. The highest BCUT2D eigenvalue weighted by Crippen LogP contribution is 2.36. The van der Waals surface area contributed by atoms with E-state index in [0.717, 1.165) is 16.0 Å². The highest BCUT2D eigenvalue weighted by Gasteiger charge is 2.53. The maximum Gasteiger partial charge on any atom is 0.236 e. The van der Waals surface area contributed by atoms with Crippen LogP contribution in [0.15, 0.2) is 48.5 Å². The van der Waals surface area contributed by atoms with Crippen molar-refractivity contribution in [2.24, 2.45) is 5.92 Å². The highest BCUT2D eigenvalue weighted by molar-refractivity contribution is 7.22. The molecule has 1 fully saturated rings. The molecule has 1 aliphatic rings. The number of amides is 1. The van der Waals surface area contributed by atoms with E-state index in [1.165, 1.54) is 11.3 Å². The summed E-state index contributed by atoms with van der Waals surface area (Å²) in [6.45, 7) is 0. The van der Waals surface area contributed by atoms with Crippen molar-refractivity contribution in [3.63, 3.8) is 0 Å². The molecule has 0 bridgehead atoms. The Balaban J connectivity index is 1.49. The average molecular weight is 355 g/mol. The van der Waals surface area contributed by atoms with Crippen molar-refractivity contribution in [3.8, 4) is 11.5 Å². The number of hydrogen-bond donors (Lipinski definition) is 1. The monoisotopic (exact) mass is 355 g/mol. The van der Waals surface area contributed by atoms with Gasteiger partial charge in [-0.2, -0.15) is 0 Å². The molecule has 0 saturated heterocycles. The molecule has 1 amide bonds. The predicted molar refractivity (Wildman–Crippen MR) is 93.7 cm³/mol. The van der Waals surface area contributed by atoms with Crippen LogP contribution in [0.3, 0.4) is 0 Å². The first-order valence-corrected chi connectivity index (χ1v) is 8.49. The first-order valence-electron chi connectivity index (χ1n) is 7.68. The smallest absolute Gasteiger partial charge is 0.236 e. The van der Waals surface area contributed by atoms with Gasteiger partial charge < -0.3 is 10.1 Å². The summed E-state index contributed by atoms with van der Waals surface area (Å²) in [5.41, 5.74) is 0.738. The molecule has 8 heteroatoms. The van der Waals surface area contributed by atoms with E-state index in [2.05, 4.69) is 10.3 Å². The van der Waals surface area contributed by atoms with Gasteiger partial charge in [0.05, 0.1) is 10.2 Å². The van der Waals surface area contributed by atoms with Crippen LogP contribution in [0.25, 0.3) is 10.2 Å². The Hall–Kier alpha value is -3.00. The number of fused-ring (bicyclic) bond motifs is 1. The summed E-state index contributed by atoms with van der Waals surface area (Å²) >= 11 is 1.31. The molecule has 4 rings (SSSR count). The molecule has 25 heavy (non-hydrogen) atoms. The molecule has 1 aliphatic carbocycles. The van der Waals surface area contributed by atoms with E-state index in [4.69, 9.17) is 4.74 Å². The fourth-order valence-electron chi connectivity index (χ4n) is 2.54. The van der Waals surface area contributed by atoms with Crippen LogP contribution >= 0.6 is 11.3 Å². The van der Waals surface area contributed by atoms with Crippen molar-refractivity contribution in [1.29, 1.82) is 0 Å². The number of ether oxygens (including phenoxy) is 1. The van der Waals surface area contributed by atoms with Crippen molar-refractivity contribution < 1.29 is 14.5 Å². The number of nitrogens with one attached hydrogen (secondary N) is 1. The quantitative estimate of drug-likeness (QED) is 0.556.